The molecule has 27 heavy (non-hydrogen) atoms. The van der Waals surface area contributed by atoms with Gasteiger partial charge >= 0.3 is 0 Å². The van der Waals surface area contributed by atoms with Gasteiger partial charge in [-0.25, -0.2) is 5.43 Å². The number of carbonyl (C=O) groups excluding carboxylic acids is 1. The molecule has 1 aliphatic rings. The number of nitrogens with one attached hydrogen (secondary N) is 1. The van der Waals surface area contributed by atoms with E-state index >= 15 is 0 Å². The molecule has 1 heterocycles. The van der Waals surface area contributed by atoms with Gasteiger partial charge in [-0.3, -0.25) is 14.6 Å². The van der Waals surface area contributed by atoms with Crippen LogP contribution in [0.2, 0.25) is 5.02 Å². The van der Waals surface area contributed by atoms with E-state index in [1.165, 1.54) is 5.56 Å². The summed E-state index contributed by atoms with van der Waals surface area (Å²) in [5.74, 6) is -0.0727. The van der Waals surface area contributed by atoms with Crippen LogP contribution < -0.4 is 5.43 Å². The highest BCUT2D eigenvalue weighted by Gasteiger charge is 2.19. The molecule has 1 fully saturated rings. The Kier molecular flexibility index (Phi) is 6.98. The van der Waals surface area contributed by atoms with Gasteiger partial charge in [0.25, 0.3) is 5.91 Å². The molecule has 1 amide bonds. The Morgan fingerprint density at radius 3 is 2.30 bits per heavy atom. The first-order chi connectivity index (χ1) is 13.1. The zero-order valence-electron chi connectivity index (χ0n) is 15.6. The predicted octanol–water partition coefficient (Wildman–Crippen LogP) is 3.00. The van der Waals surface area contributed by atoms with Gasteiger partial charge in [-0.15, -0.1) is 0 Å². The van der Waals surface area contributed by atoms with Crippen LogP contribution in [-0.4, -0.2) is 54.1 Å². The van der Waals surface area contributed by atoms with Crippen LogP contribution in [0.1, 0.15) is 18.1 Å². The van der Waals surface area contributed by atoms with Crippen LogP contribution in [0.4, 0.5) is 0 Å². The van der Waals surface area contributed by atoms with E-state index < -0.39 is 0 Å². The first kappa shape index (κ1) is 19.5. The Hall–Kier alpha value is -2.21. The Bertz CT molecular complexity index is 769. The first-order valence-electron chi connectivity index (χ1n) is 9.18. The average Bonchev–Trinajstić information content (AvgIpc) is 2.70. The Morgan fingerprint density at radius 1 is 1.00 bits per heavy atom. The van der Waals surface area contributed by atoms with Gasteiger partial charge in [0.15, 0.2) is 0 Å². The van der Waals surface area contributed by atoms with Crippen molar-refractivity contribution in [2.75, 3.05) is 32.7 Å². The van der Waals surface area contributed by atoms with Crippen molar-refractivity contribution in [3.63, 3.8) is 0 Å². The van der Waals surface area contributed by atoms with Gasteiger partial charge in [-0.1, -0.05) is 54.1 Å². The van der Waals surface area contributed by atoms with Crippen molar-refractivity contribution >= 4 is 23.2 Å². The lowest BCUT2D eigenvalue weighted by atomic mass is 10.1. The molecule has 0 spiro atoms. The van der Waals surface area contributed by atoms with Crippen LogP contribution in [0.15, 0.2) is 59.7 Å². The fourth-order valence-corrected chi connectivity index (χ4v) is 3.21. The summed E-state index contributed by atoms with van der Waals surface area (Å²) in [5, 5.41) is 4.97. The van der Waals surface area contributed by atoms with E-state index in [-0.39, 0.29) is 5.91 Å². The van der Waals surface area contributed by atoms with E-state index in [0.717, 1.165) is 49.0 Å². The lowest BCUT2D eigenvalue weighted by molar-refractivity contribution is -0.122. The summed E-state index contributed by atoms with van der Waals surface area (Å²) in [7, 11) is 0. The van der Waals surface area contributed by atoms with Crippen LogP contribution in [0, 0.1) is 0 Å². The van der Waals surface area contributed by atoms with Gasteiger partial charge < -0.3 is 0 Å². The van der Waals surface area contributed by atoms with E-state index in [0.29, 0.717) is 6.54 Å². The van der Waals surface area contributed by atoms with Crippen molar-refractivity contribution in [2.24, 2.45) is 5.10 Å². The lowest BCUT2D eigenvalue weighted by Gasteiger charge is -2.34. The quantitative estimate of drug-likeness (QED) is 0.615. The predicted molar refractivity (Wildman–Crippen MR) is 110 cm³/mol. The standard InChI is InChI=1S/C21H25ClN4O/c1-17(19-5-3-2-4-6-19)23-24-21(27)16-26-13-11-25(12-14-26)15-18-7-9-20(22)10-8-18/h2-10H,11-16H2,1H3,(H,24,27). The van der Waals surface area contributed by atoms with Crippen molar-refractivity contribution in [1.82, 2.24) is 15.2 Å². The third kappa shape index (κ3) is 6.17. The highest BCUT2D eigenvalue weighted by molar-refractivity contribution is 6.30. The van der Waals surface area contributed by atoms with Crippen LogP contribution in [0.5, 0.6) is 0 Å². The highest BCUT2D eigenvalue weighted by atomic mass is 35.5. The second-order valence-corrected chi connectivity index (χ2v) is 7.21. The fourth-order valence-electron chi connectivity index (χ4n) is 3.08. The first-order valence-corrected chi connectivity index (χ1v) is 9.55. The lowest BCUT2D eigenvalue weighted by Crippen LogP contribution is -2.48. The molecule has 1 N–H and O–H groups in total. The number of amides is 1. The van der Waals surface area contributed by atoms with Gasteiger partial charge in [0.1, 0.15) is 0 Å². The van der Waals surface area contributed by atoms with Crippen molar-refractivity contribution in [3.05, 3.63) is 70.7 Å². The molecule has 1 aliphatic heterocycles. The maximum Gasteiger partial charge on any atom is 0.254 e. The van der Waals surface area contributed by atoms with E-state index in [1.54, 1.807) is 0 Å². The zero-order chi connectivity index (χ0) is 19.1. The number of rotatable bonds is 6. The van der Waals surface area contributed by atoms with Crippen LogP contribution >= 0.6 is 11.6 Å². The molecule has 0 saturated carbocycles. The van der Waals surface area contributed by atoms with E-state index in [1.807, 2.05) is 49.4 Å². The van der Waals surface area contributed by atoms with Gasteiger partial charge in [0, 0.05) is 37.7 Å². The number of hydrazone groups is 1. The minimum atomic E-state index is -0.0727. The number of hydrogen-bond donors (Lipinski definition) is 1. The number of halogens is 1. The maximum absolute atomic E-state index is 12.2. The Morgan fingerprint density at radius 2 is 1.63 bits per heavy atom. The molecule has 0 aliphatic carbocycles. The number of hydrogen-bond acceptors (Lipinski definition) is 4. The summed E-state index contributed by atoms with van der Waals surface area (Å²) < 4.78 is 0. The van der Waals surface area contributed by atoms with E-state index in [9.17, 15) is 4.79 Å². The van der Waals surface area contributed by atoms with Crippen LogP contribution in [0.3, 0.4) is 0 Å². The molecule has 0 radical (unpaired) electrons. The van der Waals surface area contributed by atoms with Gasteiger partial charge in [-0.2, -0.15) is 5.10 Å². The van der Waals surface area contributed by atoms with E-state index in [4.69, 9.17) is 11.6 Å². The molecule has 142 valence electrons. The summed E-state index contributed by atoms with van der Waals surface area (Å²) in [5.41, 5.74) is 5.74. The summed E-state index contributed by atoms with van der Waals surface area (Å²) in [6, 6.07) is 17.8. The molecule has 2 aromatic carbocycles. The third-order valence-corrected chi connectivity index (χ3v) is 4.94. The van der Waals surface area contributed by atoms with Crippen molar-refractivity contribution in [1.29, 1.82) is 0 Å². The molecule has 2 aromatic rings. The number of nitrogens with zero attached hydrogens (tertiary/aromatic N) is 3. The van der Waals surface area contributed by atoms with Crippen molar-refractivity contribution in [2.45, 2.75) is 13.5 Å². The molecule has 1 saturated heterocycles. The number of benzene rings is 2. The topological polar surface area (TPSA) is 47.9 Å². The van der Waals surface area contributed by atoms with Crippen molar-refractivity contribution in [3.8, 4) is 0 Å². The summed E-state index contributed by atoms with van der Waals surface area (Å²) in [6.07, 6.45) is 0. The van der Waals surface area contributed by atoms with Crippen LogP contribution in [-0.2, 0) is 11.3 Å². The fraction of sp³-hybridized carbons (Fsp3) is 0.333. The maximum atomic E-state index is 12.2. The number of piperazine rings is 1. The molecule has 5 nitrogen and oxygen atoms in total. The van der Waals surface area contributed by atoms with Crippen LogP contribution in [0.25, 0.3) is 0 Å². The monoisotopic (exact) mass is 384 g/mol. The minimum absolute atomic E-state index is 0.0727. The largest absolute Gasteiger partial charge is 0.297 e. The summed E-state index contributed by atoms with van der Waals surface area (Å²) in [6.45, 7) is 6.83. The second kappa shape index (κ2) is 9.65. The molecule has 0 aromatic heterocycles. The minimum Gasteiger partial charge on any atom is -0.297 e. The highest BCUT2D eigenvalue weighted by Crippen LogP contribution is 2.12. The third-order valence-electron chi connectivity index (χ3n) is 4.69. The van der Waals surface area contributed by atoms with E-state index in [2.05, 4.69) is 32.5 Å². The normalized spacial score (nSPS) is 16.3. The Balaban J connectivity index is 1.41. The second-order valence-electron chi connectivity index (χ2n) is 6.78. The molecule has 0 bridgehead atoms. The molecule has 0 atom stereocenters. The molecule has 0 unspecified atom stereocenters. The zero-order valence-corrected chi connectivity index (χ0v) is 16.3. The summed E-state index contributed by atoms with van der Waals surface area (Å²) in [4.78, 5) is 16.7. The van der Waals surface area contributed by atoms with Gasteiger partial charge in [0.2, 0.25) is 0 Å². The summed E-state index contributed by atoms with van der Waals surface area (Å²) >= 11 is 5.93. The van der Waals surface area contributed by atoms with Gasteiger partial charge in [0.05, 0.1) is 12.3 Å². The number of carbonyl (C=O) groups is 1. The van der Waals surface area contributed by atoms with Crippen molar-refractivity contribution < 1.29 is 4.79 Å². The molecule has 3 rings (SSSR count). The molecular formula is C21H25ClN4O. The Labute approximate surface area is 165 Å². The molecular weight excluding hydrogens is 360 g/mol. The SMILES string of the molecule is CC(=NNC(=O)CN1CCN(Cc2ccc(Cl)cc2)CC1)c1ccccc1. The molecule has 6 heteroatoms. The average molecular weight is 385 g/mol. The van der Waals surface area contributed by atoms with Gasteiger partial charge in [-0.05, 0) is 30.2 Å². The smallest absolute Gasteiger partial charge is 0.254 e.